The SMILES string of the molecule is Cc1ccc2c(c1)CCCc1[nH]c([C@@H]3C[C@@H]4CCCC[C@@H]4N3C(=O)OC(C)(C)C)nc1-2.S.S.S. The molecular weight excluding hydrogens is 483 g/mol. The summed E-state index contributed by atoms with van der Waals surface area (Å²) in [6, 6.07) is 6.95. The lowest BCUT2D eigenvalue weighted by molar-refractivity contribution is 0.00950. The zero-order valence-corrected chi connectivity index (χ0v) is 23.8. The van der Waals surface area contributed by atoms with Gasteiger partial charge in [0.1, 0.15) is 11.4 Å². The number of aromatic nitrogens is 2. The molecule has 34 heavy (non-hydrogen) atoms. The van der Waals surface area contributed by atoms with Crippen molar-refractivity contribution in [3.05, 3.63) is 40.8 Å². The van der Waals surface area contributed by atoms with Gasteiger partial charge in [-0.15, -0.1) is 0 Å². The molecule has 1 N–H and O–H groups in total. The Bertz CT molecular complexity index is 1000. The standard InChI is InChI=1S/C26H35N3O2.3H2S/c1-16-12-13-19-17(14-16)9-7-10-20-23(19)28-24(27-20)22-15-18-8-5-6-11-21(18)29(22)25(30)31-26(2,3)4;;;/h12-14,18,21-22H,5-11,15H2,1-4H3,(H,27,28);3*1H2/t18-,21-,22-;;;/m0.../s1. The van der Waals surface area contributed by atoms with E-state index in [1.54, 1.807) is 0 Å². The highest BCUT2D eigenvalue weighted by Crippen LogP contribution is 2.47. The molecule has 0 unspecified atom stereocenters. The fourth-order valence-electron chi connectivity index (χ4n) is 5.89. The van der Waals surface area contributed by atoms with Crippen LogP contribution in [0.3, 0.4) is 0 Å². The molecule has 3 atom stereocenters. The number of benzene rings is 1. The molecule has 1 aromatic carbocycles. The maximum absolute atomic E-state index is 13.3. The Hall–Kier alpha value is -1.25. The summed E-state index contributed by atoms with van der Waals surface area (Å²) in [7, 11) is 0. The van der Waals surface area contributed by atoms with Gasteiger partial charge in [-0.1, -0.05) is 36.6 Å². The van der Waals surface area contributed by atoms with E-state index in [4.69, 9.17) is 9.72 Å². The molecule has 0 bridgehead atoms. The van der Waals surface area contributed by atoms with E-state index >= 15 is 0 Å². The number of nitrogens with zero attached hydrogens (tertiary/aromatic N) is 2. The fourth-order valence-corrected chi connectivity index (χ4v) is 5.89. The second-order valence-corrected chi connectivity index (χ2v) is 10.7. The summed E-state index contributed by atoms with van der Waals surface area (Å²) in [6.45, 7) is 7.99. The van der Waals surface area contributed by atoms with Gasteiger partial charge in [-0.2, -0.15) is 40.5 Å². The second-order valence-electron chi connectivity index (χ2n) is 10.7. The van der Waals surface area contributed by atoms with Crippen LogP contribution in [-0.2, 0) is 17.6 Å². The predicted octanol–water partition coefficient (Wildman–Crippen LogP) is 6.45. The Morgan fingerprint density at radius 1 is 1.09 bits per heavy atom. The minimum absolute atomic E-state index is 0. The quantitative estimate of drug-likeness (QED) is 0.467. The van der Waals surface area contributed by atoms with Gasteiger partial charge in [-0.05, 0) is 77.7 Å². The maximum Gasteiger partial charge on any atom is 0.411 e. The monoisotopic (exact) mass is 523 g/mol. The Kier molecular flexibility index (Phi) is 9.56. The van der Waals surface area contributed by atoms with Crippen LogP contribution in [-0.4, -0.2) is 32.6 Å². The molecule has 5 rings (SSSR count). The first-order valence-corrected chi connectivity index (χ1v) is 12.0. The number of hydrogen-bond acceptors (Lipinski definition) is 3. The van der Waals surface area contributed by atoms with Crippen molar-refractivity contribution >= 4 is 46.6 Å². The first-order chi connectivity index (χ1) is 14.8. The number of fused-ring (bicyclic) bond motifs is 4. The van der Waals surface area contributed by atoms with Gasteiger partial charge in [0.05, 0.1) is 11.7 Å². The number of ether oxygens (including phenoxy) is 1. The van der Waals surface area contributed by atoms with Gasteiger partial charge in [0.2, 0.25) is 0 Å². The number of carbonyl (C=O) groups is 1. The number of hydrogen-bond donors (Lipinski definition) is 1. The highest BCUT2D eigenvalue weighted by Gasteiger charge is 2.47. The molecule has 1 saturated heterocycles. The number of rotatable bonds is 1. The van der Waals surface area contributed by atoms with Crippen LogP contribution in [0.4, 0.5) is 4.79 Å². The van der Waals surface area contributed by atoms with Gasteiger partial charge in [0.25, 0.3) is 0 Å². The summed E-state index contributed by atoms with van der Waals surface area (Å²) in [5.74, 6) is 1.49. The summed E-state index contributed by atoms with van der Waals surface area (Å²) in [6.07, 6.45) is 8.73. The maximum atomic E-state index is 13.3. The molecule has 3 aliphatic rings. The third-order valence-electron chi connectivity index (χ3n) is 7.19. The van der Waals surface area contributed by atoms with E-state index in [-0.39, 0.29) is 58.7 Å². The lowest BCUT2D eigenvalue weighted by Crippen LogP contribution is -2.43. The summed E-state index contributed by atoms with van der Waals surface area (Å²) >= 11 is 0. The van der Waals surface area contributed by atoms with Gasteiger partial charge < -0.3 is 9.72 Å². The molecular formula is C26H41N3O2S3. The minimum atomic E-state index is -0.495. The highest BCUT2D eigenvalue weighted by atomic mass is 32.1. The molecule has 0 spiro atoms. The number of amides is 1. The molecule has 2 aromatic rings. The van der Waals surface area contributed by atoms with Crippen LogP contribution in [0.1, 0.15) is 88.0 Å². The fraction of sp³-hybridized carbons (Fsp3) is 0.615. The molecule has 1 aliphatic heterocycles. The zero-order valence-electron chi connectivity index (χ0n) is 20.8. The smallest absolute Gasteiger partial charge is 0.411 e. The van der Waals surface area contributed by atoms with Crippen LogP contribution in [0.15, 0.2) is 18.2 Å². The molecule has 8 heteroatoms. The van der Waals surface area contributed by atoms with E-state index in [2.05, 4.69) is 30.1 Å². The number of H-pyrrole nitrogens is 1. The van der Waals surface area contributed by atoms with Gasteiger partial charge >= 0.3 is 6.09 Å². The third kappa shape index (κ3) is 5.59. The van der Waals surface area contributed by atoms with Crippen molar-refractivity contribution in [2.75, 3.05) is 0 Å². The van der Waals surface area contributed by atoms with Crippen LogP contribution >= 0.6 is 40.5 Å². The summed E-state index contributed by atoms with van der Waals surface area (Å²) < 4.78 is 5.86. The first kappa shape index (κ1) is 29.0. The third-order valence-corrected chi connectivity index (χ3v) is 7.19. The average molecular weight is 524 g/mol. The second kappa shape index (κ2) is 11.2. The van der Waals surface area contributed by atoms with Crippen molar-refractivity contribution in [3.63, 3.8) is 0 Å². The topological polar surface area (TPSA) is 58.2 Å². The molecule has 2 fully saturated rings. The Labute approximate surface area is 225 Å². The van der Waals surface area contributed by atoms with Gasteiger partial charge in [0, 0.05) is 17.3 Å². The molecule has 0 radical (unpaired) electrons. The van der Waals surface area contributed by atoms with Crippen molar-refractivity contribution in [2.45, 2.75) is 96.7 Å². The molecule has 2 aliphatic carbocycles. The van der Waals surface area contributed by atoms with Crippen LogP contribution < -0.4 is 0 Å². The summed E-state index contributed by atoms with van der Waals surface area (Å²) in [5.41, 5.74) is 5.75. The molecule has 190 valence electrons. The number of imidazole rings is 1. The average Bonchev–Trinajstić information content (AvgIpc) is 3.24. The highest BCUT2D eigenvalue weighted by molar-refractivity contribution is 7.59. The van der Waals surface area contributed by atoms with E-state index in [9.17, 15) is 4.79 Å². The predicted molar refractivity (Wildman–Crippen MR) is 153 cm³/mol. The normalized spacial score (nSPS) is 23.2. The zero-order chi connectivity index (χ0) is 21.8. The first-order valence-electron chi connectivity index (χ1n) is 12.0. The number of likely N-dealkylation sites (tertiary alicyclic amines) is 1. The number of carbonyl (C=O) groups excluding carboxylic acids is 1. The van der Waals surface area contributed by atoms with Crippen molar-refractivity contribution in [1.82, 2.24) is 14.9 Å². The number of aryl methyl sites for hydroxylation is 3. The van der Waals surface area contributed by atoms with Gasteiger partial charge in [-0.25, -0.2) is 9.78 Å². The van der Waals surface area contributed by atoms with E-state index in [0.717, 1.165) is 43.6 Å². The van der Waals surface area contributed by atoms with Crippen molar-refractivity contribution < 1.29 is 9.53 Å². The number of nitrogens with one attached hydrogen (secondary N) is 1. The van der Waals surface area contributed by atoms with Crippen LogP contribution in [0.5, 0.6) is 0 Å². The summed E-state index contributed by atoms with van der Waals surface area (Å²) in [5, 5.41) is 0. The molecule has 1 saturated carbocycles. The van der Waals surface area contributed by atoms with Crippen molar-refractivity contribution in [3.8, 4) is 11.3 Å². The molecule has 5 nitrogen and oxygen atoms in total. The molecule has 1 aromatic heterocycles. The summed E-state index contributed by atoms with van der Waals surface area (Å²) in [4.78, 5) is 24.1. The van der Waals surface area contributed by atoms with Crippen LogP contribution in [0.2, 0.25) is 0 Å². The van der Waals surface area contributed by atoms with Gasteiger partial charge in [-0.3, -0.25) is 4.90 Å². The van der Waals surface area contributed by atoms with Crippen LogP contribution in [0.25, 0.3) is 11.3 Å². The van der Waals surface area contributed by atoms with E-state index in [0.29, 0.717) is 5.92 Å². The van der Waals surface area contributed by atoms with E-state index < -0.39 is 5.60 Å². The van der Waals surface area contributed by atoms with Crippen molar-refractivity contribution in [2.24, 2.45) is 5.92 Å². The largest absolute Gasteiger partial charge is 0.444 e. The lowest BCUT2D eigenvalue weighted by atomic mass is 9.85. The number of aromatic amines is 1. The van der Waals surface area contributed by atoms with Gasteiger partial charge in [0.15, 0.2) is 0 Å². The minimum Gasteiger partial charge on any atom is -0.444 e. The Morgan fingerprint density at radius 2 is 1.82 bits per heavy atom. The van der Waals surface area contributed by atoms with E-state index in [1.807, 2.05) is 25.7 Å². The Morgan fingerprint density at radius 3 is 2.56 bits per heavy atom. The molecule has 1 amide bonds. The molecule has 2 heterocycles. The van der Waals surface area contributed by atoms with Crippen molar-refractivity contribution in [1.29, 1.82) is 0 Å². The lowest BCUT2D eigenvalue weighted by Gasteiger charge is -2.34. The Balaban J connectivity index is 0.00000136. The van der Waals surface area contributed by atoms with E-state index in [1.165, 1.54) is 41.6 Å². The van der Waals surface area contributed by atoms with Crippen LogP contribution in [0, 0.1) is 12.8 Å².